The van der Waals surface area contributed by atoms with Crippen molar-refractivity contribution >= 4 is 29.1 Å². The Morgan fingerprint density at radius 3 is 2.56 bits per heavy atom. The molecule has 0 spiro atoms. The maximum absolute atomic E-state index is 14.2. The highest BCUT2D eigenvalue weighted by Crippen LogP contribution is 2.25. The third kappa shape index (κ3) is 7.71. The number of amides is 3. The van der Waals surface area contributed by atoms with Crippen molar-refractivity contribution in [2.75, 3.05) is 11.9 Å². The number of hydrogen-bond donors (Lipinski definition) is 3. The number of anilines is 2. The van der Waals surface area contributed by atoms with Gasteiger partial charge in [0, 0.05) is 30.4 Å². The van der Waals surface area contributed by atoms with Gasteiger partial charge in [0.1, 0.15) is 12.1 Å². The number of para-hydroxylation sites is 1. The largest absolute Gasteiger partial charge is 0.355 e. The van der Waals surface area contributed by atoms with Crippen LogP contribution in [0.25, 0.3) is 0 Å². The minimum absolute atomic E-state index is 0.0892. The van der Waals surface area contributed by atoms with Gasteiger partial charge in [0.15, 0.2) is 0 Å². The molecule has 208 valence electrons. The van der Waals surface area contributed by atoms with E-state index >= 15 is 0 Å². The number of nitrogens with one attached hydrogen (secondary N) is 3. The predicted molar refractivity (Wildman–Crippen MR) is 155 cm³/mol. The van der Waals surface area contributed by atoms with E-state index in [4.69, 9.17) is 0 Å². The maximum Gasteiger partial charge on any atom is 0.246 e. The van der Waals surface area contributed by atoms with Crippen LogP contribution in [0.1, 0.15) is 63.5 Å². The number of aryl methyl sites for hydroxylation is 1. The minimum Gasteiger partial charge on any atom is -0.355 e. The van der Waals surface area contributed by atoms with Gasteiger partial charge in [-0.25, -0.2) is 0 Å². The van der Waals surface area contributed by atoms with Crippen molar-refractivity contribution in [3.63, 3.8) is 0 Å². The highest BCUT2D eigenvalue weighted by molar-refractivity contribution is 5.92. The molecule has 39 heavy (non-hydrogen) atoms. The van der Waals surface area contributed by atoms with Crippen LogP contribution in [0, 0.1) is 18.8 Å². The van der Waals surface area contributed by atoms with Crippen molar-refractivity contribution in [2.24, 2.45) is 11.8 Å². The average molecular weight is 531 g/mol. The molecule has 2 atom stereocenters. The number of carbonyl (C=O) groups is 3. The third-order valence-electron chi connectivity index (χ3n) is 7.57. The lowest BCUT2D eigenvalue weighted by atomic mass is 9.98. The maximum atomic E-state index is 14.2. The third-order valence-corrected chi connectivity index (χ3v) is 7.57. The van der Waals surface area contributed by atoms with Gasteiger partial charge in [0.2, 0.25) is 17.7 Å². The fraction of sp³-hybridized carbons (Fsp3) is 0.469. The van der Waals surface area contributed by atoms with Crippen LogP contribution in [0.2, 0.25) is 0 Å². The molecule has 0 bridgehead atoms. The first-order valence-electron chi connectivity index (χ1n) is 14.3. The van der Waals surface area contributed by atoms with Crippen molar-refractivity contribution in [1.29, 1.82) is 0 Å². The molecule has 3 N–H and O–H groups in total. The van der Waals surface area contributed by atoms with Crippen LogP contribution in [-0.2, 0) is 20.9 Å². The van der Waals surface area contributed by atoms with Crippen molar-refractivity contribution in [1.82, 2.24) is 15.5 Å². The lowest BCUT2D eigenvalue weighted by Gasteiger charge is -2.34. The van der Waals surface area contributed by atoms with Crippen molar-refractivity contribution < 1.29 is 14.4 Å². The molecule has 3 amide bonds. The van der Waals surface area contributed by atoms with E-state index < -0.39 is 12.1 Å². The Labute approximate surface area is 232 Å². The second-order valence-electron chi connectivity index (χ2n) is 11.2. The Morgan fingerprint density at radius 1 is 1.05 bits per heavy atom. The number of benzene rings is 2. The van der Waals surface area contributed by atoms with E-state index in [0.29, 0.717) is 32.2 Å². The van der Waals surface area contributed by atoms with Crippen LogP contribution in [-0.4, -0.2) is 41.2 Å². The first-order valence-corrected chi connectivity index (χ1v) is 14.3. The molecule has 1 heterocycles. The Kier molecular flexibility index (Phi) is 9.79. The van der Waals surface area contributed by atoms with E-state index in [1.54, 1.807) is 4.90 Å². The summed E-state index contributed by atoms with van der Waals surface area (Å²) in [4.78, 5) is 42.1. The zero-order chi connectivity index (χ0) is 27.8. The minimum atomic E-state index is -0.678. The molecule has 0 aromatic heterocycles. The van der Waals surface area contributed by atoms with E-state index in [2.05, 4.69) is 28.9 Å². The van der Waals surface area contributed by atoms with E-state index in [0.717, 1.165) is 35.3 Å². The van der Waals surface area contributed by atoms with Gasteiger partial charge >= 0.3 is 0 Å². The van der Waals surface area contributed by atoms with Crippen LogP contribution in [0.3, 0.4) is 0 Å². The summed E-state index contributed by atoms with van der Waals surface area (Å²) in [7, 11) is 0. The summed E-state index contributed by atoms with van der Waals surface area (Å²) in [5.74, 6) is -0.334. The molecule has 0 radical (unpaired) electrons. The lowest BCUT2D eigenvalue weighted by molar-refractivity contribution is -0.144. The summed E-state index contributed by atoms with van der Waals surface area (Å²) in [6, 6.07) is 14.8. The first-order chi connectivity index (χ1) is 18.8. The second kappa shape index (κ2) is 13.5. The molecule has 7 nitrogen and oxygen atoms in total. The van der Waals surface area contributed by atoms with Crippen LogP contribution < -0.4 is 16.0 Å². The van der Waals surface area contributed by atoms with E-state index in [1.165, 1.54) is 0 Å². The normalized spacial score (nSPS) is 18.4. The quantitative estimate of drug-likeness (QED) is 0.367. The summed E-state index contributed by atoms with van der Waals surface area (Å²) in [6.07, 6.45) is 8.30. The lowest BCUT2D eigenvalue weighted by Crippen LogP contribution is -2.56. The highest BCUT2D eigenvalue weighted by Gasteiger charge is 2.36. The SMILES string of the molecule is Cc1ccccc1Nc1cccc(CN(C(=O)C(CC(C)C)NC(=O)C2CC=CC2)C2CCCCNC2=O)c1. The standard InChI is InChI=1S/C32H42N4O3/c1-22(2)19-28(35-30(37)25-13-5-6-14-25)32(39)36(29-17-8-9-18-33-31(29)38)21-24-12-10-15-26(20-24)34-27-16-7-4-11-23(27)3/h4-7,10-12,15-16,20,22,25,28-29,34H,8-9,13-14,17-19,21H2,1-3H3,(H,33,38)(H,35,37). The molecule has 4 rings (SSSR count). The van der Waals surface area contributed by atoms with Crippen molar-refractivity contribution in [3.05, 3.63) is 71.8 Å². The number of rotatable bonds is 10. The Morgan fingerprint density at radius 2 is 1.82 bits per heavy atom. The molecule has 1 aliphatic heterocycles. The second-order valence-corrected chi connectivity index (χ2v) is 11.2. The van der Waals surface area contributed by atoms with Gasteiger partial charge in [-0.15, -0.1) is 0 Å². The smallest absolute Gasteiger partial charge is 0.246 e. The summed E-state index contributed by atoms with van der Waals surface area (Å²) >= 11 is 0. The first kappa shape index (κ1) is 28.4. The van der Waals surface area contributed by atoms with Crippen LogP contribution in [0.4, 0.5) is 11.4 Å². The van der Waals surface area contributed by atoms with Gasteiger partial charge in [0.25, 0.3) is 0 Å². The highest BCUT2D eigenvalue weighted by atomic mass is 16.2. The van der Waals surface area contributed by atoms with Gasteiger partial charge in [-0.1, -0.05) is 56.3 Å². The number of allylic oxidation sites excluding steroid dienone is 2. The summed E-state index contributed by atoms with van der Waals surface area (Å²) in [6.45, 7) is 7.06. The van der Waals surface area contributed by atoms with Crippen molar-refractivity contribution in [3.8, 4) is 0 Å². The van der Waals surface area contributed by atoms with Crippen LogP contribution >= 0.6 is 0 Å². The zero-order valence-corrected chi connectivity index (χ0v) is 23.4. The zero-order valence-electron chi connectivity index (χ0n) is 23.4. The predicted octanol–water partition coefficient (Wildman–Crippen LogP) is 5.23. The van der Waals surface area contributed by atoms with E-state index in [1.807, 2.05) is 68.5 Å². The molecular weight excluding hydrogens is 488 g/mol. The fourth-order valence-corrected chi connectivity index (χ4v) is 5.39. The van der Waals surface area contributed by atoms with Crippen molar-refractivity contribution in [2.45, 2.75) is 77.9 Å². The van der Waals surface area contributed by atoms with Crippen LogP contribution in [0.5, 0.6) is 0 Å². The van der Waals surface area contributed by atoms with Gasteiger partial charge in [-0.2, -0.15) is 0 Å². The Bertz CT molecular complexity index is 1180. The van der Waals surface area contributed by atoms with Gasteiger partial charge in [-0.3, -0.25) is 14.4 Å². The van der Waals surface area contributed by atoms with Gasteiger partial charge in [-0.05, 0) is 80.7 Å². The van der Waals surface area contributed by atoms with Crippen LogP contribution in [0.15, 0.2) is 60.7 Å². The fourth-order valence-electron chi connectivity index (χ4n) is 5.39. The number of hydrogen-bond acceptors (Lipinski definition) is 4. The molecule has 0 saturated carbocycles. The molecule has 1 aliphatic carbocycles. The molecule has 2 aromatic carbocycles. The molecule has 1 saturated heterocycles. The topological polar surface area (TPSA) is 90.5 Å². The molecule has 7 heteroatoms. The molecule has 1 fully saturated rings. The summed E-state index contributed by atoms with van der Waals surface area (Å²) in [5, 5.41) is 9.53. The van der Waals surface area contributed by atoms with Gasteiger partial charge < -0.3 is 20.9 Å². The number of carbonyl (C=O) groups excluding carboxylic acids is 3. The average Bonchev–Trinajstić information content (AvgIpc) is 3.37. The summed E-state index contributed by atoms with van der Waals surface area (Å²) < 4.78 is 0. The molecule has 2 aromatic rings. The monoisotopic (exact) mass is 530 g/mol. The molecule has 2 unspecified atom stereocenters. The number of nitrogens with zero attached hydrogens (tertiary/aromatic N) is 1. The molecular formula is C32H42N4O3. The van der Waals surface area contributed by atoms with Gasteiger partial charge in [0.05, 0.1) is 0 Å². The Hall–Kier alpha value is -3.61. The Balaban J connectivity index is 1.60. The van der Waals surface area contributed by atoms with E-state index in [-0.39, 0.29) is 36.1 Å². The van der Waals surface area contributed by atoms with E-state index in [9.17, 15) is 14.4 Å². The summed E-state index contributed by atoms with van der Waals surface area (Å²) in [5.41, 5.74) is 4.00. The molecule has 2 aliphatic rings.